The molecule has 0 aliphatic carbocycles. The lowest BCUT2D eigenvalue weighted by Crippen LogP contribution is -2.68. The Morgan fingerprint density at radius 3 is 2.34 bits per heavy atom. The quantitative estimate of drug-likeness (QED) is 0.524. The summed E-state index contributed by atoms with van der Waals surface area (Å²) >= 11 is 0. The van der Waals surface area contributed by atoms with Crippen LogP contribution in [0.4, 0.5) is 0 Å². The molecular weight excluding hydrogens is 392 g/mol. The fraction of sp³-hybridized carbons (Fsp3) is 0.700. The van der Waals surface area contributed by atoms with Crippen LogP contribution >= 0.6 is 0 Å². The first kappa shape index (κ1) is 22.0. The van der Waals surface area contributed by atoms with Crippen LogP contribution < -0.4 is 11.2 Å². The summed E-state index contributed by atoms with van der Waals surface area (Å²) in [6, 6.07) is 1.16. The lowest BCUT2D eigenvalue weighted by atomic mass is 9.88. The smallest absolute Gasteiger partial charge is 0.349 e. The van der Waals surface area contributed by atoms with Crippen molar-refractivity contribution in [2.45, 2.75) is 82.1 Å². The zero-order valence-corrected chi connectivity index (χ0v) is 19.0. The number of hydrogen-bond acceptors (Lipinski definition) is 6. The average Bonchev–Trinajstić information content (AvgIpc) is 2.80. The second kappa shape index (κ2) is 6.40. The van der Waals surface area contributed by atoms with Gasteiger partial charge in [0.05, 0.1) is 6.61 Å². The summed E-state index contributed by atoms with van der Waals surface area (Å²) in [5.74, 6) is 2.45. The summed E-state index contributed by atoms with van der Waals surface area (Å²) in [5, 5.41) is 11.0. The Kier molecular flexibility index (Phi) is 4.85. The fourth-order valence-electron chi connectivity index (χ4n) is 4.81. The van der Waals surface area contributed by atoms with Crippen LogP contribution in [-0.2, 0) is 19.3 Å². The monoisotopic (exact) mass is 422 g/mol. The van der Waals surface area contributed by atoms with Crippen LogP contribution in [0.5, 0.6) is 0 Å². The van der Waals surface area contributed by atoms with Crippen molar-refractivity contribution < 1.29 is 18.7 Å². The van der Waals surface area contributed by atoms with E-state index in [1.165, 1.54) is 13.1 Å². The molecule has 3 rings (SSSR count). The molecule has 0 radical (unpaired) electrons. The number of terminal acetylenes is 1. The molecule has 2 fully saturated rings. The van der Waals surface area contributed by atoms with Gasteiger partial charge in [0.25, 0.3) is 5.56 Å². The third-order valence-corrected chi connectivity index (χ3v) is 11.1. The van der Waals surface area contributed by atoms with Crippen molar-refractivity contribution in [3.8, 4) is 12.3 Å². The van der Waals surface area contributed by atoms with Crippen LogP contribution in [0.3, 0.4) is 0 Å². The normalized spacial score (nSPS) is 34.4. The molecule has 8 nitrogen and oxygen atoms in total. The first-order valence-electron chi connectivity index (χ1n) is 9.65. The molecule has 4 atom stereocenters. The Balaban J connectivity index is 2.15. The number of aliphatic hydroxyl groups is 1. The van der Waals surface area contributed by atoms with Gasteiger partial charge < -0.3 is 18.7 Å². The molecule has 0 spiro atoms. The Morgan fingerprint density at radius 1 is 1.28 bits per heavy atom. The van der Waals surface area contributed by atoms with Crippen molar-refractivity contribution in [3.63, 3.8) is 0 Å². The van der Waals surface area contributed by atoms with Crippen molar-refractivity contribution in [1.82, 2.24) is 9.55 Å². The van der Waals surface area contributed by atoms with E-state index in [9.17, 15) is 14.7 Å². The minimum absolute atomic E-state index is 0.184. The van der Waals surface area contributed by atoms with Gasteiger partial charge in [0.2, 0.25) is 5.72 Å². The molecule has 1 aromatic heterocycles. The molecule has 2 aliphatic rings. The van der Waals surface area contributed by atoms with E-state index in [1.807, 2.05) is 0 Å². The molecule has 2 N–H and O–H groups in total. The molecular formula is C20H30N2O6Si. The van der Waals surface area contributed by atoms with Crippen molar-refractivity contribution in [1.29, 1.82) is 0 Å². The van der Waals surface area contributed by atoms with Gasteiger partial charge in [-0.3, -0.25) is 14.3 Å². The van der Waals surface area contributed by atoms with Crippen LogP contribution in [0.2, 0.25) is 10.1 Å². The molecule has 3 heterocycles. The van der Waals surface area contributed by atoms with Gasteiger partial charge >= 0.3 is 14.3 Å². The second-order valence-corrected chi connectivity index (χ2v) is 14.8. The first-order valence-corrected chi connectivity index (χ1v) is 11.5. The highest BCUT2D eigenvalue weighted by atomic mass is 28.4. The summed E-state index contributed by atoms with van der Waals surface area (Å²) < 4.78 is 20.1. The van der Waals surface area contributed by atoms with Gasteiger partial charge in [0, 0.05) is 22.3 Å². The minimum Gasteiger partial charge on any atom is -0.391 e. The molecule has 29 heavy (non-hydrogen) atoms. The predicted molar refractivity (Wildman–Crippen MR) is 110 cm³/mol. The molecule has 0 aromatic carbocycles. The molecule has 2 aliphatic heterocycles. The van der Waals surface area contributed by atoms with Crippen molar-refractivity contribution >= 4 is 8.56 Å². The highest BCUT2D eigenvalue weighted by Crippen LogP contribution is 2.57. The summed E-state index contributed by atoms with van der Waals surface area (Å²) in [4.78, 5) is 26.2. The summed E-state index contributed by atoms with van der Waals surface area (Å²) in [5.41, 5.74) is -4.95. The third-order valence-electron chi connectivity index (χ3n) is 5.98. The van der Waals surface area contributed by atoms with E-state index in [2.05, 4.69) is 52.4 Å². The van der Waals surface area contributed by atoms with Gasteiger partial charge in [0.15, 0.2) is 0 Å². The van der Waals surface area contributed by atoms with Crippen molar-refractivity contribution in [2.75, 3.05) is 6.61 Å². The van der Waals surface area contributed by atoms with Gasteiger partial charge in [-0.25, -0.2) is 4.79 Å². The Morgan fingerprint density at radius 2 is 1.86 bits per heavy atom. The van der Waals surface area contributed by atoms with Crippen molar-refractivity contribution in [2.24, 2.45) is 0 Å². The van der Waals surface area contributed by atoms with E-state index < -0.39 is 43.3 Å². The zero-order valence-electron chi connectivity index (χ0n) is 18.0. The molecule has 1 unspecified atom stereocenters. The lowest BCUT2D eigenvalue weighted by Gasteiger charge is -2.54. The Labute approximate surface area is 171 Å². The minimum atomic E-state index is -2.91. The molecule has 160 valence electrons. The van der Waals surface area contributed by atoms with E-state index in [1.54, 1.807) is 0 Å². The average molecular weight is 423 g/mol. The largest absolute Gasteiger partial charge is 0.391 e. The number of fused-ring (bicyclic) bond motifs is 1. The first-order chi connectivity index (χ1) is 13.1. The summed E-state index contributed by atoms with van der Waals surface area (Å²) in [7, 11) is -2.91. The van der Waals surface area contributed by atoms with Crippen LogP contribution in [-0.4, -0.2) is 47.6 Å². The molecule has 0 amide bonds. The van der Waals surface area contributed by atoms with Crippen LogP contribution in [0.15, 0.2) is 21.9 Å². The number of nitrogens with zero attached hydrogens (tertiary/aromatic N) is 1. The lowest BCUT2D eigenvalue weighted by molar-refractivity contribution is -0.146. The number of rotatable bonds is 1. The SMILES string of the molecule is C#C[C@@]1(n2ccc(=O)[nH]c2=O)O[C@@H]2CO[Si](C(C)(C)C)(C(C)(C)C)OC2[C@@]1(C)O. The highest BCUT2D eigenvalue weighted by molar-refractivity contribution is 6.73. The van der Waals surface area contributed by atoms with E-state index in [0.717, 1.165) is 10.6 Å². The highest BCUT2D eigenvalue weighted by Gasteiger charge is 2.71. The summed E-state index contributed by atoms with van der Waals surface area (Å²) in [6.07, 6.45) is 5.55. The van der Waals surface area contributed by atoms with E-state index in [4.69, 9.17) is 20.0 Å². The van der Waals surface area contributed by atoms with Gasteiger partial charge in [-0.2, -0.15) is 0 Å². The predicted octanol–water partition coefficient (Wildman–Crippen LogP) is 1.43. The fourth-order valence-corrected chi connectivity index (χ4v) is 9.84. The Bertz CT molecular complexity index is 947. The van der Waals surface area contributed by atoms with Gasteiger partial charge in [0.1, 0.15) is 17.8 Å². The van der Waals surface area contributed by atoms with E-state index >= 15 is 0 Å². The van der Waals surface area contributed by atoms with Crippen LogP contribution in [0.25, 0.3) is 0 Å². The third kappa shape index (κ3) is 2.89. The van der Waals surface area contributed by atoms with Gasteiger partial charge in [-0.15, -0.1) is 6.42 Å². The zero-order chi connectivity index (χ0) is 22.0. The Hall–Kier alpha value is -1.70. The maximum absolute atomic E-state index is 12.5. The second-order valence-electron chi connectivity index (χ2n) is 10.0. The van der Waals surface area contributed by atoms with Crippen LogP contribution in [0, 0.1) is 12.3 Å². The molecule has 0 bridgehead atoms. The number of aromatic amines is 1. The van der Waals surface area contributed by atoms with Crippen molar-refractivity contribution in [3.05, 3.63) is 33.1 Å². The summed E-state index contributed by atoms with van der Waals surface area (Å²) in [6.45, 7) is 14.1. The number of hydrogen-bond donors (Lipinski definition) is 2. The maximum atomic E-state index is 12.5. The number of aromatic nitrogens is 2. The van der Waals surface area contributed by atoms with Gasteiger partial charge in [-0.05, 0) is 12.8 Å². The van der Waals surface area contributed by atoms with E-state index in [0.29, 0.717) is 0 Å². The van der Waals surface area contributed by atoms with E-state index in [-0.39, 0.29) is 16.7 Å². The standard InChI is InChI=1S/C20H30N2O6Si/c1-9-20(22-11-10-14(23)21-16(22)24)19(8,25)15-13(27-20)12-26-29(28-15,17(2,3)4)18(5,6)7/h1,10-11,13,15,25H,12H2,2-8H3,(H,21,23,24)/t13-,15?,19-,20-/m1/s1. The number of nitrogens with one attached hydrogen (secondary N) is 1. The molecule has 2 saturated heterocycles. The van der Waals surface area contributed by atoms with Crippen LogP contribution in [0.1, 0.15) is 48.5 Å². The maximum Gasteiger partial charge on any atom is 0.349 e. The molecule has 0 saturated carbocycles. The topological polar surface area (TPSA) is 103 Å². The molecule has 9 heteroatoms. The number of H-pyrrole nitrogens is 1. The number of ether oxygens (including phenoxy) is 1. The van der Waals surface area contributed by atoms with Gasteiger partial charge in [-0.1, -0.05) is 41.5 Å². The molecule has 1 aromatic rings.